The van der Waals surface area contributed by atoms with Crippen LogP contribution in [-0.2, 0) is 0 Å². The maximum atomic E-state index is 2.35. The van der Waals surface area contributed by atoms with Gasteiger partial charge in [-0.05, 0) is 67.3 Å². The normalized spacial score (nSPS) is 11.3. The van der Waals surface area contributed by atoms with Gasteiger partial charge in [0.2, 0.25) is 0 Å². The highest BCUT2D eigenvalue weighted by Gasteiger charge is 2.16. The number of benzene rings is 4. The Morgan fingerprint density at radius 3 is 1.56 bits per heavy atom. The fraction of sp³-hybridized carbons (Fsp3) is 0.0968. The van der Waals surface area contributed by atoms with Gasteiger partial charge in [0, 0.05) is 11.4 Å². The molecule has 0 amide bonds. The predicted octanol–water partition coefficient (Wildman–Crippen LogP) is 8.81. The minimum Gasteiger partial charge on any atom is -0.310 e. The quantitative estimate of drug-likeness (QED) is 0.284. The summed E-state index contributed by atoms with van der Waals surface area (Å²) < 4.78 is 0. The average molecular weight is 416 g/mol. The van der Waals surface area contributed by atoms with E-state index in [4.69, 9.17) is 0 Å². The molecular formula is C31H29N. The number of hydrogen-bond donors (Lipinski definition) is 0. The summed E-state index contributed by atoms with van der Waals surface area (Å²) in [7, 11) is 0. The van der Waals surface area contributed by atoms with Gasteiger partial charge in [0.1, 0.15) is 0 Å². The van der Waals surface area contributed by atoms with E-state index in [0.29, 0.717) is 0 Å². The Balaban J connectivity index is 1.63. The first-order chi connectivity index (χ1) is 15.6. The number of anilines is 3. The molecule has 0 heterocycles. The summed E-state index contributed by atoms with van der Waals surface area (Å²) in [6, 6.07) is 34.3. The van der Waals surface area contributed by atoms with Gasteiger partial charge in [-0.25, -0.2) is 0 Å². The van der Waals surface area contributed by atoms with Gasteiger partial charge < -0.3 is 4.90 Å². The lowest BCUT2D eigenvalue weighted by Crippen LogP contribution is -2.12. The van der Waals surface area contributed by atoms with Crippen molar-refractivity contribution in [1.82, 2.24) is 0 Å². The topological polar surface area (TPSA) is 3.24 Å². The summed E-state index contributed by atoms with van der Waals surface area (Å²) in [6.07, 6.45) is 8.42. The standard InChI is InChI=1S/C31H29N/c1-24-16-20-29(21-17-24)32(31-25(2)10-9-11-26(31)3)30-22-18-28(19-23-30)15-8-7-14-27-12-5-4-6-13-27/h4-23H,1-3H3/b14-7+,15-8+. The van der Waals surface area contributed by atoms with E-state index in [1.807, 2.05) is 6.07 Å². The largest absolute Gasteiger partial charge is 0.310 e. The molecule has 0 aromatic heterocycles. The van der Waals surface area contributed by atoms with E-state index in [9.17, 15) is 0 Å². The van der Waals surface area contributed by atoms with Crippen molar-refractivity contribution in [2.24, 2.45) is 0 Å². The van der Waals surface area contributed by atoms with Crippen LogP contribution in [0.25, 0.3) is 12.2 Å². The Labute approximate surface area is 192 Å². The number of allylic oxidation sites excluding steroid dienone is 2. The van der Waals surface area contributed by atoms with Crippen LogP contribution in [0, 0.1) is 20.8 Å². The van der Waals surface area contributed by atoms with E-state index in [-0.39, 0.29) is 0 Å². The molecule has 0 aliphatic rings. The highest BCUT2D eigenvalue weighted by molar-refractivity contribution is 5.80. The monoisotopic (exact) mass is 415 g/mol. The van der Waals surface area contributed by atoms with Crippen molar-refractivity contribution in [2.75, 3.05) is 4.90 Å². The summed E-state index contributed by atoms with van der Waals surface area (Å²) in [6.45, 7) is 6.49. The fourth-order valence-electron chi connectivity index (χ4n) is 3.89. The zero-order valence-electron chi connectivity index (χ0n) is 19.0. The lowest BCUT2D eigenvalue weighted by atomic mass is 10.0. The molecule has 158 valence electrons. The van der Waals surface area contributed by atoms with Crippen LogP contribution in [0.1, 0.15) is 27.8 Å². The molecule has 1 heteroatoms. The van der Waals surface area contributed by atoms with E-state index in [2.05, 4.69) is 141 Å². The Morgan fingerprint density at radius 2 is 1.00 bits per heavy atom. The van der Waals surface area contributed by atoms with Crippen LogP contribution >= 0.6 is 0 Å². The van der Waals surface area contributed by atoms with Gasteiger partial charge in [-0.2, -0.15) is 0 Å². The SMILES string of the molecule is Cc1ccc(N(c2ccc(/C=C/C=C/c3ccccc3)cc2)c2c(C)cccc2C)cc1. The fourth-order valence-corrected chi connectivity index (χ4v) is 3.89. The smallest absolute Gasteiger partial charge is 0.0519 e. The molecule has 0 unspecified atom stereocenters. The van der Waals surface area contributed by atoms with Gasteiger partial charge in [0.25, 0.3) is 0 Å². The molecule has 0 radical (unpaired) electrons. The van der Waals surface area contributed by atoms with Crippen molar-refractivity contribution in [3.63, 3.8) is 0 Å². The maximum Gasteiger partial charge on any atom is 0.0519 e. The summed E-state index contributed by atoms with van der Waals surface area (Å²) >= 11 is 0. The molecule has 0 bridgehead atoms. The van der Waals surface area contributed by atoms with E-state index in [0.717, 1.165) is 5.69 Å². The van der Waals surface area contributed by atoms with Crippen LogP contribution < -0.4 is 4.90 Å². The Hall–Kier alpha value is -3.84. The predicted molar refractivity (Wildman–Crippen MR) is 140 cm³/mol. The van der Waals surface area contributed by atoms with Crippen LogP contribution in [0.3, 0.4) is 0 Å². The Kier molecular flexibility index (Phi) is 6.67. The number of aryl methyl sites for hydroxylation is 3. The minimum absolute atomic E-state index is 1.16. The summed E-state index contributed by atoms with van der Waals surface area (Å²) in [4.78, 5) is 2.35. The number of rotatable bonds is 6. The van der Waals surface area contributed by atoms with E-state index in [1.165, 1.54) is 39.2 Å². The van der Waals surface area contributed by atoms with Crippen LogP contribution in [-0.4, -0.2) is 0 Å². The molecule has 0 N–H and O–H groups in total. The molecule has 4 rings (SSSR count). The molecule has 0 fully saturated rings. The molecule has 0 spiro atoms. The van der Waals surface area contributed by atoms with Crippen molar-refractivity contribution < 1.29 is 0 Å². The van der Waals surface area contributed by atoms with Crippen LogP contribution in [0.4, 0.5) is 17.1 Å². The molecule has 0 saturated heterocycles. The molecule has 4 aromatic carbocycles. The molecule has 32 heavy (non-hydrogen) atoms. The lowest BCUT2D eigenvalue weighted by molar-refractivity contribution is 1.21. The first-order valence-corrected chi connectivity index (χ1v) is 11.0. The van der Waals surface area contributed by atoms with Crippen LogP contribution in [0.2, 0.25) is 0 Å². The van der Waals surface area contributed by atoms with Crippen molar-refractivity contribution in [3.05, 3.63) is 137 Å². The molecule has 4 aromatic rings. The third-order valence-corrected chi connectivity index (χ3v) is 5.59. The summed E-state index contributed by atoms with van der Waals surface area (Å²) in [5.41, 5.74) is 9.74. The van der Waals surface area contributed by atoms with E-state index < -0.39 is 0 Å². The highest BCUT2D eigenvalue weighted by Crippen LogP contribution is 2.38. The maximum absolute atomic E-state index is 2.35. The first kappa shape index (κ1) is 21.4. The number of nitrogens with zero attached hydrogens (tertiary/aromatic N) is 1. The Morgan fingerprint density at radius 1 is 0.500 bits per heavy atom. The second-order valence-corrected chi connectivity index (χ2v) is 8.13. The zero-order valence-corrected chi connectivity index (χ0v) is 19.0. The minimum atomic E-state index is 1.16. The van der Waals surface area contributed by atoms with E-state index in [1.54, 1.807) is 0 Å². The Bertz CT molecular complexity index is 1190. The van der Waals surface area contributed by atoms with Gasteiger partial charge in [0.15, 0.2) is 0 Å². The van der Waals surface area contributed by atoms with Crippen molar-refractivity contribution >= 4 is 29.2 Å². The number of para-hydroxylation sites is 1. The van der Waals surface area contributed by atoms with Gasteiger partial charge in [-0.1, -0.05) is 103 Å². The molecule has 0 saturated carbocycles. The first-order valence-electron chi connectivity index (χ1n) is 11.0. The van der Waals surface area contributed by atoms with Gasteiger partial charge >= 0.3 is 0 Å². The van der Waals surface area contributed by atoms with Gasteiger partial charge in [-0.3, -0.25) is 0 Å². The van der Waals surface area contributed by atoms with Crippen LogP contribution in [0.5, 0.6) is 0 Å². The van der Waals surface area contributed by atoms with Crippen molar-refractivity contribution in [2.45, 2.75) is 20.8 Å². The molecular weight excluding hydrogens is 386 g/mol. The van der Waals surface area contributed by atoms with Gasteiger partial charge in [0.05, 0.1) is 5.69 Å². The summed E-state index contributed by atoms with van der Waals surface area (Å²) in [5.74, 6) is 0. The highest BCUT2D eigenvalue weighted by atomic mass is 15.1. The third-order valence-electron chi connectivity index (χ3n) is 5.59. The number of hydrogen-bond acceptors (Lipinski definition) is 1. The third kappa shape index (κ3) is 5.07. The summed E-state index contributed by atoms with van der Waals surface area (Å²) in [5, 5.41) is 0. The van der Waals surface area contributed by atoms with Gasteiger partial charge in [-0.15, -0.1) is 0 Å². The van der Waals surface area contributed by atoms with Crippen molar-refractivity contribution in [3.8, 4) is 0 Å². The average Bonchev–Trinajstić information content (AvgIpc) is 2.81. The molecule has 1 nitrogen and oxygen atoms in total. The van der Waals surface area contributed by atoms with Crippen molar-refractivity contribution in [1.29, 1.82) is 0 Å². The second-order valence-electron chi connectivity index (χ2n) is 8.13. The molecule has 0 aliphatic heterocycles. The van der Waals surface area contributed by atoms with E-state index >= 15 is 0 Å². The van der Waals surface area contributed by atoms with Crippen LogP contribution in [0.15, 0.2) is 109 Å². The lowest BCUT2D eigenvalue weighted by Gasteiger charge is -2.29. The zero-order chi connectivity index (χ0) is 22.3. The molecule has 0 atom stereocenters. The molecule has 0 aliphatic carbocycles. The second kappa shape index (κ2) is 9.98.